The molecule has 0 radical (unpaired) electrons. The van der Waals surface area contributed by atoms with Crippen molar-refractivity contribution in [3.63, 3.8) is 0 Å². The number of ether oxygens (including phenoxy) is 1. The Kier molecular flexibility index (Phi) is 5.62. The van der Waals surface area contributed by atoms with Crippen molar-refractivity contribution < 1.29 is 13.2 Å². The fourth-order valence-corrected chi connectivity index (χ4v) is 2.17. The molecule has 0 saturated carbocycles. The first-order valence-corrected chi connectivity index (χ1v) is 7.91. The van der Waals surface area contributed by atoms with E-state index in [1.165, 1.54) is 0 Å². The summed E-state index contributed by atoms with van der Waals surface area (Å²) in [4.78, 5) is 0. The van der Waals surface area contributed by atoms with Crippen molar-refractivity contribution in [3.8, 4) is 5.75 Å². The van der Waals surface area contributed by atoms with Gasteiger partial charge in [0.25, 0.3) is 0 Å². The Morgan fingerprint density at radius 2 is 2.00 bits per heavy atom. The molecule has 0 aromatic heterocycles. The molecule has 4 nitrogen and oxygen atoms in total. The maximum atomic E-state index is 11.4. The third-order valence-corrected chi connectivity index (χ3v) is 4.58. The minimum absolute atomic E-state index is 0.0613. The van der Waals surface area contributed by atoms with Gasteiger partial charge in [-0.2, -0.15) is 0 Å². The molecule has 18 heavy (non-hydrogen) atoms. The van der Waals surface area contributed by atoms with E-state index in [-0.39, 0.29) is 24.2 Å². The van der Waals surface area contributed by atoms with Crippen molar-refractivity contribution in [1.29, 1.82) is 0 Å². The van der Waals surface area contributed by atoms with Crippen molar-refractivity contribution in [2.24, 2.45) is 0 Å². The summed E-state index contributed by atoms with van der Waals surface area (Å²) in [6, 6.07) is 7.84. The molecule has 1 unspecified atom stereocenters. The van der Waals surface area contributed by atoms with Crippen molar-refractivity contribution in [2.75, 3.05) is 25.2 Å². The molecular formula is C13H21NO3S. The zero-order chi connectivity index (χ0) is 13.6. The van der Waals surface area contributed by atoms with Gasteiger partial charge in [-0.25, -0.2) is 8.42 Å². The van der Waals surface area contributed by atoms with Crippen LogP contribution in [0, 0.1) is 0 Å². The Labute approximate surface area is 109 Å². The molecule has 0 aliphatic heterocycles. The van der Waals surface area contributed by atoms with E-state index in [0.717, 1.165) is 11.3 Å². The molecule has 1 rings (SSSR count). The summed E-state index contributed by atoms with van der Waals surface area (Å²) in [5.41, 5.74) is 1.04. The van der Waals surface area contributed by atoms with E-state index in [2.05, 4.69) is 5.32 Å². The molecule has 1 aromatic carbocycles. The van der Waals surface area contributed by atoms with Crippen LogP contribution in [-0.2, 0) is 9.84 Å². The van der Waals surface area contributed by atoms with Gasteiger partial charge in [-0.1, -0.05) is 25.1 Å². The van der Waals surface area contributed by atoms with Gasteiger partial charge in [0.05, 0.1) is 5.75 Å². The van der Waals surface area contributed by atoms with Crippen LogP contribution < -0.4 is 10.1 Å². The summed E-state index contributed by atoms with van der Waals surface area (Å²) >= 11 is 0. The lowest BCUT2D eigenvalue weighted by atomic mass is 10.1. The van der Waals surface area contributed by atoms with Gasteiger partial charge in [0.1, 0.15) is 12.4 Å². The Morgan fingerprint density at radius 3 is 2.61 bits per heavy atom. The summed E-state index contributed by atoms with van der Waals surface area (Å²) in [6.07, 6.45) is 0. The third kappa shape index (κ3) is 4.31. The number of hydrogen-bond acceptors (Lipinski definition) is 4. The highest BCUT2D eigenvalue weighted by Gasteiger charge is 2.11. The van der Waals surface area contributed by atoms with E-state index < -0.39 is 9.84 Å². The van der Waals surface area contributed by atoms with Crippen LogP contribution in [0.3, 0.4) is 0 Å². The van der Waals surface area contributed by atoms with Gasteiger partial charge in [0.2, 0.25) is 0 Å². The lowest BCUT2D eigenvalue weighted by molar-refractivity contribution is 0.334. The molecule has 0 fully saturated rings. The standard InChI is InChI=1S/C13H21NO3S/c1-4-18(15,16)10-9-17-13-8-6-5-7-12(13)11(2)14-3/h5-8,11,14H,4,9-10H2,1-3H3. The molecule has 0 bridgehead atoms. The molecular weight excluding hydrogens is 250 g/mol. The Hall–Kier alpha value is -1.07. The molecule has 5 heteroatoms. The second-order valence-electron chi connectivity index (χ2n) is 4.13. The molecule has 102 valence electrons. The summed E-state index contributed by atoms with van der Waals surface area (Å²) in [7, 11) is -1.09. The van der Waals surface area contributed by atoms with Crippen molar-refractivity contribution in [3.05, 3.63) is 29.8 Å². The average Bonchev–Trinajstić information content (AvgIpc) is 2.38. The summed E-state index contributed by atoms with van der Waals surface area (Å²) in [6.45, 7) is 3.88. The first-order valence-electron chi connectivity index (χ1n) is 6.09. The molecule has 0 aliphatic rings. The highest BCUT2D eigenvalue weighted by Crippen LogP contribution is 2.24. The zero-order valence-electron chi connectivity index (χ0n) is 11.1. The van der Waals surface area contributed by atoms with Crippen molar-refractivity contribution in [1.82, 2.24) is 5.32 Å². The average molecular weight is 271 g/mol. The molecule has 0 aliphatic carbocycles. The van der Waals surface area contributed by atoms with E-state index in [1.54, 1.807) is 6.92 Å². The van der Waals surface area contributed by atoms with Crippen LogP contribution in [0.4, 0.5) is 0 Å². The van der Waals surface area contributed by atoms with E-state index in [0.29, 0.717) is 0 Å². The van der Waals surface area contributed by atoms with Crippen LogP contribution in [0.2, 0.25) is 0 Å². The molecule has 0 spiro atoms. The van der Waals surface area contributed by atoms with Crippen LogP contribution in [0.15, 0.2) is 24.3 Å². The zero-order valence-corrected chi connectivity index (χ0v) is 12.0. The van der Waals surface area contributed by atoms with Gasteiger partial charge in [-0.05, 0) is 20.0 Å². The van der Waals surface area contributed by atoms with Gasteiger partial charge >= 0.3 is 0 Å². The van der Waals surface area contributed by atoms with Crippen LogP contribution in [0.25, 0.3) is 0 Å². The molecule has 0 saturated heterocycles. The van der Waals surface area contributed by atoms with E-state index in [1.807, 2.05) is 38.2 Å². The molecule has 1 aromatic rings. The number of benzene rings is 1. The summed E-state index contributed by atoms with van der Waals surface area (Å²) < 4.78 is 28.3. The maximum Gasteiger partial charge on any atom is 0.153 e. The highest BCUT2D eigenvalue weighted by molar-refractivity contribution is 7.91. The second-order valence-corrected chi connectivity index (χ2v) is 6.61. The van der Waals surface area contributed by atoms with Crippen LogP contribution >= 0.6 is 0 Å². The number of sulfone groups is 1. The summed E-state index contributed by atoms with van der Waals surface area (Å²) in [5, 5.41) is 3.14. The lowest BCUT2D eigenvalue weighted by Crippen LogP contribution is -2.18. The summed E-state index contributed by atoms with van der Waals surface area (Å²) in [5.74, 6) is 0.960. The van der Waals surface area contributed by atoms with Crippen molar-refractivity contribution >= 4 is 9.84 Å². The van der Waals surface area contributed by atoms with Crippen molar-refractivity contribution in [2.45, 2.75) is 19.9 Å². The Bertz CT molecular complexity index is 471. The van der Waals surface area contributed by atoms with Gasteiger partial charge in [-0.3, -0.25) is 0 Å². The number of nitrogens with one attached hydrogen (secondary N) is 1. The molecule has 1 atom stereocenters. The van der Waals surface area contributed by atoms with Crippen LogP contribution in [-0.4, -0.2) is 33.6 Å². The largest absolute Gasteiger partial charge is 0.492 e. The van der Waals surface area contributed by atoms with Gasteiger partial charge in [0.15, 0.2) is 9.84 Å². The lowest BCUT2D eigenvalue weighted by Gasteiger charge is -2.16. The normalized spacial score (nSPS) is 13.3. The fourth-order valence-electron chi connectivity index (χ4n) is 1.55. The topological polar surface area (TPSA) is 55.4 Å². The fraction of sp³-hybridized carbons (Fsp3) is 0.538. The SMILES string of the molecule is CCS(=O)(=O)CCOc1ccccc1C(C)NC. The second kappa shape index (κ2) is 6.75. The van der Waals surface area contributed by atoms with E-state index in [9.17, 15) is 8.42 Å². The number of para-hydroxylation sites is 1. The van der Waals surface area contributed by atoms with Gasteiger partial charge < -0.3 is 10.1 Å². The van der Waals surface area contributed by atoms with E-state index in [4.69, 9.17) is 4.74 Å². The molecule has 0 heterocycles. The Balaban J connectivity index is 2.68. The van der Waals surface area contributed by atoms with E-state index >= 15 is 0 Å². The predicted molar refractivity (Wildman–Crippen MR) is 73.7 cm³/mol. The minimum atomic E-state index is -2.97. The molecule has 1 N–H and O–H groups in total. The highest BCUT2D eigenvalue weighted by atomic mass is 32.2. The minimum Gasteiger partial charge on any atom is -0.492 e. The van der Waals surface area contributed by atoms with Gasteiger partial charge in [0, 0.05) is 17.4 Å². The number of hydrogen-bond donors (Lipinski definition) is 1. The first kappa shape index (κ1) is 15.0. The third-order valence-electron chi connectivity index (χ3n) is 2.91. The predicted octanol–water partition coefficient (Wildman–Crippen LogP) is 1.78. The smallest absolute Gasteiger partial charge is 0.153 e. The van der Waals surface area contributed by atoms with Gasteiger partial charge in [-0.15, -0.1) is 0 Å². The maximum absolute atomic E-state index is 11.4. The molecule has 0 amide bonds. The first-order chi connectivity index (χ1) is 8.50. The quantitative estimate of drug-likeness (QED) is 0.821. The van der Waals surface area contributed by atoms with Crippen LogP contribution in [0.5, 0.6) is 5.75 Å². The Morgan fingerprint density at radius 1 is 1.33 bits per heavy atom. The monoisotopic (exact) mass is 271 g/mol. The number of rotatable bonds is 7. The van der Waals surface area contributed by atoms with Crippen LogP contribution in [0.1, 0.15) is 25.5 Å².